The molecule has 6 unspecified atom stereocenters. The number of fused-ring (bicyclic) bond motifs is 4. The highest BCUT2D eigenvalue weighted by Crippen LogP contribution is 2.34. The van der Waals surface area contributed by atoms with Crippen LogP contribution in [0, 0.1) is 0 Å². The highest BCUT2D eigenvalue weighted by Gasteiger charge is 2.44. The molecule has 4 saturated heterocycles. The molecule has 0 aliphatic carbocycles. The van der Waals surface area contributed by atoms with Gasteiger partial charge in [-0.2, -0.15) is 0 Å². The van der Waals surface area contributed by atoms with Crippen molar-refractivity contribution >= 4 is 0 Å². The number of likely N-dealkylation sites (N-methyl/N-ethyl adjacent to an activating group) is 2. The highest BCUT2D eigenvalue weighted by molar-refractivity contribution is 5.01. The normalized spacial score (nSPS) is 39.4. The Morgan fingerprint density at radius 3 is 2.00 bits per heavy atom. The summed E-state index contributed by atoms with van der Waals surface area (Å²) >= 11 is 0. The summed E-state index contributed by atoms with van der Waals surface area (Å²) < 4.78 is 0. The Kier molecular flexibility index (Phi) is 5.43. The maximum Gasteiger partial charge on any atom is 0.0242 e. The van der Waals surface area contributed by atoms with Crippen LogP contribution in [0.4, 0.5) is 0 Å². The smallest absolute Gasteiger partial charge is 0.0242 e. The zero-order chi connectivity index (χ0) is 17.6. The maximum absolute atomic E-state index is 2.84. The Balaban J connectivity index is 1.24. The molecule has 4 aliphatic rings. The molecule has 0 spiro atoms. The molecule has 0 aromatic carbocycles. The average molecular weight is 349 g/mol. The molecule has 0 radical (unpaired) electrons. The van der Waals surface area contributed by atoms with Gasteiger partial charge in [0, 0.05) is 62.4 Å². The lowest BCUT2D eigenvalue weighted by Crippen LogP contribution is -2.56. The van der Waals surface area contributed by atoms with Gasteiger partial charge in [0.15, 0.2) is 0 Å². The molecule has 0 aromatic rings. The van der Waals surface area contributed by atoms with Crippen molar-refractivity contribution in [2.24, 2.45) is 0 Å². The van der Waals surface area contributed by atoms with E-state index in [0.717, 1.165) is 36.3 Å². The van der Waals surface area contributed by atoms with E-state index >= 15 is 0 Å². The minimum atomic E-state index is 0.761. The molecule has 0 aromatic heterocycles. The fourth-order valence-corrected chi connectivity index (χ4v) is 6.44. The van der Waals surface area contributed by atoms with Crippen LogP contribution in [0.1, 0.15) is 59.8 Å². The molecule has 6 atom stereocenters. The summed E-state index contributed by atoms with van der Waals surface area (Å²) in [5, 5.41) is 0. The molecule has 0 N–H and O–H groups in total. The number of likely N-dealkylation sites (tertiary alicyclic amines) is 3. The van der Waals surface area contributed by atoms with Crippen molar-refractivity contribution in [1.82, 2.24) is 19.6 Å². The fourth-order valence-electron chi connectivity index (χ4n) is 6.44. The first-order valence-corrected chi connectivity index (χ1v) is 11.1. The number of nitrogens with zero attached hydrogens (tertiary/aromatic N) is 4. The van der Waals surface area contributed by atoms with Gasteiger partial charge in [-0.15, -0.1) is 0 Å². The van der Waals surface area contributed by atoms with Gasteiger partial charge in [0.2, 0.25) is 0 Å². The van der Waals surface area contributed by atoms with E-state index in [0.29, 0.717) is 0 Å². The van der Waals surface area contributed by atoms with E-state index < -0.39 is 0 Å². The molecule has 4 rings (SSSR count). The van der Waals surface area contributed by atoms with Gasteiger partial charge in [-0.05, 0) is 59.0 Å². The van der Waals surface area contributed by atoms with Gasteiger partial charge in [-0.1, -0.05) is 13.8 Å². The first-order chi connectivity index (χ1) is 12.1. The second-order valence-corrected chi connectivity index (χ2v) is 9.27. The topological polar surface area (TPSA) is 13.0 Å². The summed E-state index contributed by atoms with van der Waals surface area (Å²) in [5.74, 6) is 0. The summed E-state index contributed by atoms with van der Waals surface area (Å²) in [6.45, 7) is 17.4. The third-order valence-electron chi connectivity index (χ3n) is 8.02. The lowest BCUT2D eigenvalue weighted by atomic mass is 10.0. The van der Waals surface area contributed by atoms with Crippen LogP contribution < -0.4 is 0 Å². The predicted molar refractivity (Wildman–Crippen MR) is 105 cm³/mol. The van der Waals surface area contributed by atoms with E-state index in [1.165, 1.54) is 71.4 Å². The first-order valence-electron chi connectivity index (χ1n) is 11.1. The van der Waals surface area contributed by atoms with Crippen LogP contribution in [-0.2, 0) is 0 Å². The van der Waals surface area contributed by atoms with Crippen molar-refractivity contribution < 1.29 is 0 Å². The van der Waals surface area contributed by atoms with Crippen LogP contribution in [0.15, 0.2) is 0 Å². The molecule has 4 aliphatic heterocycles. The third kappa shape index (κ3) is 3.40. The average Bonchev–Trinajstić information content (AvgIpc) is 3.29. The van der Waals surface area contributed by atoms with E-state index in [1.807, 2.05) is 0 Å². The van der Waals surface area contributed by atoms with Crippen LogP contribution in [-0.4, -0.2) is 95.1 Å². The van der Waals surface area contributed by atoms with Crippen molar-refractivity contribution in [3.63, 3.8) is 0 Å². The van der Waals surface area contributed by atoms with Crippen LogP contribution in [0.25, 0.3) is 0 Å². The summed E-state index contributed by atoms with van der Waals surface area (Å²) in [6, 6.07) is 4.92. The second kappa shape index (κ2) is 7.46. The molecule has 4 fully saturated rings. The van der Waals surface area contributed by atoms with Gasteiger partial charge >= 0.3 is 0 Å². The van der Waals surface area contributed by atoms with Crippen molar-refractivity contribution in [3.8, 4) is 0 Å². The lowest BCUT2D eigenvalue weighted by Gasteiger charge is -2.43. The molecule has 4 bridgehead atoms. The standard InChI is InChI=1S/C21H40N4/c1-5-22-14-21-11-20(22)15-25(21)17(4)8-7-16(3)23-12-18-9-10-19(13-23)24(18)6-2/h16-21H,5-15H2,1-4H3. The monoisotopic (exact) mass is 348 g/mol. The Bertz CT molecular complexity index is 441. The lowest BCUT2D eigenvalue weighted by molar-refractivity contribution is 0.0412. The largest absolute Gasteiger partial charge is 0.298 e. The summed E-state index contributed by atoms with van der Waals surface area (Å²) in [4.78, 5) is 11.1. The molecular formula is C21H40N4. The van der Waals surface area contributed by atoms with E-state index in [-0.39, 0.29) is 0 Å². The SMILES string of the molecule is CCN1CC2CC1CN2C(C)CCC(C)N1CC2CCC(C1)N2CC. The maximum atomic E-state index is 2.84. The van der Waals surface area contributed by atoms with E-state index in [1.54, 1.807) is 0 Å². The zero-order valence-corrected chi connectivity index (χ0v) is 17.0. The Morgan fingerprint density at radius 1 is 0.760 bits per heavy atom. The summed E-state index contributed by atoms with van der Waals surface area (Å²) in [7, 11) is 0. The first kappa shape index (κ1) is 18.2. The highest BCUT2D eigenvalue weighted by atomic mass is 15.4. The number of hydrogen-bond donors (Lipinski definition) is 0. The van der Waals surface area contributed by atoms with E-state index in [2.05, 4.69) is 47.3 Å². The number of hydrogen-bond acceptors (Lipinski definition) is 4. The number of piperazine rings is 2. The van der Waals surface area contributed by atoms with Gasteiger partial charge in [-0.25, -0.2) is 0 Å². The quantitative estimate of drug-likeness (QED) is 0.701. The van der Waals surface area contributed by atoms with Gasteiger partial charge in [-0.3, -0.25) is 19.6 Å². The van der Waals surface area contributed by atoms with Gasteiger partial charge in [0.25, 0.3) is 0 Å². The third-order valence-corrected chi connectivity index (χ3v) is 8.02. The van der Waals surface area contributed by atoms with E-state index in [9.17, 15) is 0 Å². The van der Waals surface area contributed by atoms with Crippen LogP contribution in [0.2, 0.25) is 0 Å². The molecule has 0 saturated carbocycles. The number of rotatable bonds is 7. The Labute approximate surface area is 155 Å². The molecule has 4 heteroatoms. The second-order valence-electron chi connectivity index (χ2n) is 9.27. The molecular weight excluding hydrogens is 308 g/mol. The van der Waals surface area contributed by atoms with Crippen LogP contribution >= 0.6 is 0 Å². The minimum absolute atomic E-state index is 0.761. The molecule has 25 heavy (non-hydrogen) atoms. The summed E-state index contributed by atoms with van der Waals surface area (Å²) in [5.41, 5.74) is 0. The Morgan fingerprint density at radius 2 is 1.44 bits per heavy atom. The van der Waals surface area contributed by atoms with Crippen molar-refractivity contribution in [1.29, 1.82) is 0 Å². The van der Waals surface area contributed by atoms with Crippen molar-refractivity contribution in [2.75, 3.05) is 39.3 Å². The van der Waals surface area contributed by atoms with Crippen molar-refractivity contribution in [2.45, 2.75) is 96.1 Å². The molecule has 0 amide bonds. The van der Waals surface area contributed by atoms with Crippen molar-refractivity contribution in [3.05, 3.63) is 0 Å². The Hall–Kier alpha value is -0.160. The minimum Gasteiger partial charge on any atom is -0.298 e. The van der Waals surface area contributed by atoms with E-state index in [4.69, 9.17) is 0 Å². The summed E-state index contributed by atoms with van der Waals surface area (Å²) in [6.07, 6.45) is 7.04. The molecule has 4 heterocycles. The fraction of sp³-hybridized carbons (Fsp3) is 1.00. The molecule has 4 nitrogen and oxygen atoms in total. The van der Waals surface area contributed by atoms with Crippen LogP contribution in [0.3, 0.4) is 0 Å². The molecule has 144 valence electrons. The predicted octanol–water partition coefficient (Wildman–Crippen LogP) is 2.49. The van der Waals surface area contributed by atoms with Gasteiger partial charge < -0.3 is 0 Å². The van der Waals surface area contributed by atoms with Gasteiger partial charge in [0.05, 0.1) is 0 Å². The zero-order valence-electron chi connectivity index (χ0n) is 17.0. The van der Waals surface area contributed by atoms with Gasteiger partial charge in [0.1, 0.15) is 0 Å². The van der Waals surface area contributed by atoms with Crippen LogP contribution in [0.5, 0.6) is 0 Å².